The van der Waals surface area contributed by atoms with Crippen molar-refractivity contribution in [2.45, 2.75) is 19.4 Å². The van der Waals surface area contributed by atoms with Crippen molar-refractivity contribution in [2.75, 3.05) is 6.61 Å². The van der Waals surface area contributed by atoms with Crippen LogP contribution in [0.4, 0.5) is 0 Å². The first-order chi connectivity index (χ1) is 11.6. The second-order valence-electron chi connectivity index (χ2n) is 5.59. The second-order valence-corrected chi connectivity index (χ2v) is 5.59. The van der Waals surface area contributed by atoms with Gasteiger partial charge in [-0.1, -0.05) is 48.0 Å². The van der Waals surface area contributed by atoms with Crippen LogP contribution in [0.2, 0.25) is 0 Å². The quantitative estimate of drug-likeness (QED) is 0.639. The van der Waals surface area contributed by atoms with Gasteiger partial charge in [0.1, 0.15) is 0 Å². The minimum Gasteiger partial charge on any atom is -0.463 e. The van der Waals surface area contributed by atoms with Crippen LogP contribution in [0.3, 0.4) is 0 Å². The highest BCUT2D eigenvalue weighted by Gasteiger charge is 2.31. The summed E-state index contributed by atoms with van der Waals surface area (Å²) in [6.45, 7) is 2.17. The standard InChI is InChI=1S/C19H16O5/c1-12-6-8-13(9-7-12)17(20)14-4-2-3-5-15(14)18(21)24-16-10-11-23-19(16)22/h2-9,16H,10-11H2,1H3. The van der Waals surface area contributed by atoms with Crippen molar-refractivity contribution in [1.82, 2.24) is 0 Å². The number of cyclic esters (lactones) is 1. The van der Waals surface area contributed by atoms with Crippen LogP contribution in [0.15, 0.2) is 48.5 Å². The highest BCUT2D eigenvalue weighted by atomic mass is 16.6. The lowest BCUT2D eigenvalue weighted by Crippen LogP contribution is -2.24. The molecule has 1 unspecified atom stereocenters. The van der Waals surface area contributed by atoms with Crippen molar-refractivity contribution in [1.29, 1.82) is 0 Å². The fourth-order valence-corrected chi connectivity index (χ4v) is 2.50. The van der Waals surface area contributed by atoms with Gasteiger partial charge in [-0.15, -0.1) is 0 Å². The monoisotopic (exact) mass is 324 g/mol. The third-order valence-corrected chi connectivity index (χ3v) is 3.84. The molecular formula is C19H16O5. The van der Waals surface area contributed by atoms with Gasteiger partial charge in [0.15, 0.2) is 5.78 Å². The molecule has 0 amide bonds. The third kappa shape index (κ3) is 3.20. The Kier molecular flexibility index (Phi) is 4.42. The maximum Gasteiger partial charge on any atom is 0.347 e. The molecule has 0 aromatic heterocycles. The summed E-state index contributed by atoms with van der Waals surface area (Å²) in [5.41, 5.74) is 1.92. The minimum absolute atomic E-state index is 0.141. The van der Waals surface area contributed by atoms with Crippen LogP contribution in [0.1, 0.15) is 38.3 Å². The number of aryl methyl sites for hydroxylation is 1. The first kappa shape index (κ1) is 15.9. The van der Waals surface area contributed by atoms with Gasteiger partial charge in [0.25, 0.3) is 0 Å². The second kappa shape index (κ2) is 6.66. The number of ether oxygens (including phenoxy) is 2. The average molecular weight is 324 g/mol. The Morgan fingerprint density at radius 2 is 1.71 bits per heavy atom. The van der Waals surface area contributed by atoms with Gasteiger partial charge in [-0.05, 0) is 13.0 Å². The third-order valence-electron chi connectivity index (χ3n) is 3.84. The summed E-state index contributed by atoms with van der Waals surface area (Å²) in [6, 6.07) is 13.5. The highest BCUT2D eigenvalue weighted by molar-refractivity contribution is 6.14. The van der Waals surface area contributed by atoms with E-state index < -0.39 is 18.0 Å². The molecular weight excluding hydrogens is 308 g/mol. The fourth-order valence-electron chi connectivity index (χ4n) is 2.50. The van der Waals surface area contributed by atoms with Crippen molar-refractivity contribution < 1.29 is 23.9 Å². The molecule has 0 radical (unpaired) electrons. The number of hydrogen-bond acceptors (Lipinski definition) is 5. The predicted octanol–water partition coefficient (Wildman–Crippen LogP) is 2.70. The minimum atomic E-state index is -0.903. The number of carbonyl (C=O) groups is 3. The Labute approximate surface area is 139 Å². The Balaban J connectivity index is 1.87. The molecule has 1 heterocycles. The molecule has 0 saturated carbocycles. The van der Waals surface area contributed by atoms with Crippen LogP contribution in [-0.4, -0.2) is 30.4 Å². The fraction of sp³-hybridized carbons (Fsp3) is 0.211. The number of esters is 2. The molecule has 2 aromatic rings. The maximum absolute atomic E-state index is 12.7. The van der Waals surface area contributed by atoms with E-state index in [4.69, 9.17) is 9.47 Å². The number of carbonyl (C=O) groups excluding carboxylic acids is 3. The van der Waals surface area contributed by atoms with Crippen LogP contribution in [0.25, 0.3) is 0 Å². The van der Waals surface area contributed by atoms with Gasteiger partial charge >= 0.3 is 11.9 Å². The maximum atomic E-state index is 12.7. The number of rotatable bonds is 4. The molecule has 1 saturated heterocycles. The lowest BCUT2D eigenvalue weighted by molar-refractivity contribution is -0.145. The molecule has 122 valence electrons. The highest BCUT2D eigenvalue weighted by Crippen LogP contribution is 2.19. The molecule has 24 heavy (non-hydrogen) atoms. The molecule has 5 nitrogen and oxygen atoms in total. The summed E-state index contributed by atoms with van der Waals surface area (Å²) in [5, 5.41) is 0. The zero-order valence-electron chi connectivity index (χ0n) is 13.2. The van der Waals surface area contributed by atoms with E-state index in [1.807, 2.05) is 19.1 Å². The zero-order valence-corrected chi connectivity index (χ0v) is 13.2. The molecule has 1 fully saturated rings. The molecule has 3 rings (SSSR count). The molecule has 1 aliphatic heterocycles. The van der Waals surface area contributed by atoms with Gasteiger partial charge in [0.05, 0.1) is 12.2 Å². The van der Waals surface area contributed by atoms with Crippen LogP contribution in [0.5, 0.6) is 0 Å². The molecule has 0 spiro atoms. The van der Waals surface area contributed by atoms with E-state index in [0.717, 1.165) is 5.56 Å². The smallest absolute Gasteiger partial charge is 0.347 e. The van der Waals surface area contributed by atoms with E-state index in [0.29, 0.717) is 12.0 Å². The molecule has 2 aromatic carbocycles. The molecule has 0 N–H and O–H groups in total. The van der Waals surface area contributed by atoms with Gasteiger partial charge < -0.3 is 9.47 Å². The van der Waals surface area contributed by atoms with Crippen molar-refractivity contribution >= 4 is 17.7 Å². The van der Waals surface area contributed by atoms with E-state index >= 15 is 0 Å². The molecule has 5 heteroatoms. The van der Waals surface area contributed by atoms with E-state index in [1.165, 1.54) is 6.07 Å². The van der Waals surface area contributed by atoms with E-state index in [-0.39, 0.29) is 23.5 Å². The van der Waals surface area contributed by atoms with Crippen LogP contribution in [0, 0.1) is 6.92 Å². The first-order valence-electron chi connectivity index (χ1n) is 7.64. The summed E-state index contributed by atoms with van der Waals surface area (Å²) in [6.07, 6.45) is -0.571. The van der Waals surface area contributed by atoms with Gasteiger partial charge in [0, 0.05) is 17.5 Å². The van der Waals surface area contributed by atoms with Crippen molar-refractivity contribution in [3.63, 3.8) is 0 Å². The largest absolute Gasteiger partial charge is 0.463 e. The molecule has 0 bridgehead atoms. The van der Waals surface area contributed by atoms with Crippen molar-refractivity contribution in [3.05, 3.63) is 70.8 Å². The van der Waals surface area contributed by atoms with Gasteiger partial charge in [-0.2, -0.15) is 0 Å². The number of benzene rings is 2. The normalized spacial score (nSPS) is 16.5. The van der Waals surface area contributed by atoms with Crippen LogP contribution >= 0.6 is 0 Å². The van der Waals surface area contributed by atoms with E-state index in [1.54, 1.807) is 30.3 Å². The summed E-state index contributed by atoms with van der Waals surface area (Å²) in [4.78, 5) is 36.5. The average Bonchev–Trinajstić information content (AvgIpc) is 3.00. The van der Waals surface area contributed by atoms with E-state index in [9.17, 15) is 14.4 Å². The summed E-state index contributed by atoms with van der Waals surface area (Å²) < 4.78 is 9.97. The van der Waals surface area contributed by atoms with Gasteiger partial charge in [-0.3, -0.25) is 4.79 Å². The lowest BCUT2D eigenvalue weighted by atomic mass is 9.98. The van der Waals surface area contributed by atoms with Gasteiger partial charge in [-0.25, -0.2) is 9.59 Å². The van der Waals surface area contributed by atoms with Crippen LogP contribution < -0.4 is 0 Å². The Morgan fingerprint density at radius 3 is 2.33 bits per heavy atom. The summed E-state index contributed by atoms with van der Waals surface area (Å²) >= 11 is 0. The van der Waals surface area contributed by atoms with E-state index in [2.05, 4.69) is 0 Å². The Hall–Kier alpha value is -2.95. The zero-order chi connectivity index (χ0) is 17.1. The molecule has 1 aliphatic rings. The van der Waals surface area contributed by atoms with Crippen LogP contribution in [-0.2, 0) is 14.3 Å². The summed E-state index contributed by atoms with van der Waals surface area (Å²) in [7, 11) is 0. The van der Waals surface area contributed by atoms with Gasteiger partial charge in [0.2, 0.25) is 6.10 Å². The first-order valence-corrected chi connectivity index (χ1v) is 7.64. The number of ketones is 1. The molecule has 1 atom stereocenters. The topological polar surface area (TPSA) is 69.7 Å². The number of hydrogen-bond donors (Lipinski definition) is 0. The molecule has 0 aliphatic carbocycles. The SMILES string of the molecule is Cc1ccc(C(=O)c2ccccc2C(=O)OC2CCOC2=O)cc1. The predicted molar refractivity (Wildman–Crippen MR) is 85.8 cm³/mol. The van der Waals surface area contributed by atoms with Crippen molar-refractivity contribution in [3.8, 4) is 0 Å². The Morgan fingerprint density at radius 1 is 1.04 bits per heavy atom. The van der Waals surface area contributed by atoms with Crippen molar-refractivity contribution in [2.24, 2.45) is 0 Å². The summed E-state index contributed by atoms with van der Waals surface area (Å²) in [5.74, 6) is -1.52. The lowest BCUT2D eigenvalue weighted by Gasteiger charge is -2.11. The Bertz CT molecular complexity index is 792.